The summed E-state index contributed by atoms with van der Waals surface area (Å²) in [5, 5.41) is 9.73. The van der Waals surface area contributed by atoms with Gasteiger partial charge in [0.1, 0.15) is 5.75 Å². The van der Waals surface area contributed by atoms with E-state index in [4.69, 9.17) is 4.74 Å². The van der Waals surface area contributed by atoms with E-state index in [9.17, 15) is 4.79 Å². The fourth-order valence-corrected chi connectivity index (χ4v) is 3.15. The highest BCUT2D eigenvalue weighted by Gasteiger charge is 2.22. The molecule has 1 unspecified atom stereocenters. The van der Waals surface area contributed by atoms with Gasteiger partial charge in [0.2, 0.25) is 5.91 Å². The van der Waals surface area contributed by atoms with Crippen LogP contribution in [0.25, 0.3) is 0 Å². The summed E-state index contributed by atoms with van der Waals surface area (Å²) in [4.78, 5) is 18.6. The molecule has 1 amide bonds. The Kier molecular flexibility index (Phi) is 10.6. The average Bonchev–Trinajstić information content (AvgIpc) is 2.69. The first-order valence-electron chi connectivity index (χ1n) is 9.98. The molecule has 1 saturated heterocycles. The lowest BCUT2D eigenvalue weighted by Crippen LogP contribution is -2.52. The molecule has 0 saturated carbocycles. The van der Waals surface area contributed by atoms with Crippen LogP contribution in [0.2, 0.25) is 0 Å². The zero-order valence-corrected chi connectivity index (χ0v) is 20.6. The van der Waals surface area contributed by atoms with Crippen LogP contribution in [0, 0.1) is 5.41 Å². The number of carbonyl (C=O) groups excluding carboxylic acids is 1. The van der Waals surface area contributed by atoms with E-state index >= 15 is 0 Å². The highest BCUT2D eigenvalue weighted by Crippen LogP contribution is 2.24. The Morgan fingerprint density at radius 1 is 1.28 bits per heavy atom. The van der Waals surface area contributed by atoms with Crippen LogP contribution in [0.3, 0.4) is 0 Å². The number of hydrogen-bond donors (Lipinski definition) is 3. The van der Waals surface area contributed by atoms with Crippen molar-refractivity contribution in [1.29, 1.82) is 0 Å². The molecule has 0 bridgehead atoms. The number of aliphatic imine (C=N–C) groups is 1. The number of anilines is 1. The quantitative estimate of drug-likeness (QED) is 0.234. The molecule has 1 atom stereocenters. The molecular formula is C21H36IN5O2. The number of amides is 1. The summed E-state index contributed by atoms with van der Waals surface area (Å²) in [5.41, 5.74) is 0.810. The third-order valence-corrected chi connectivity index (χ3v) is 4.79. The first-order valence-corrected chi connectivity index (χ1v) is 9.98. The molecule has 1 fully saturated rings. The standard InChI is InChI=1S/C21H35N5O2.HI/c1-21(2,3)19(27)23-11-12-24-20(22-4)25-16-8-7-13-26(15-16)17-9-6-10-18(14-17)28-5;/h6,9-10,14,16H,7-8,11-13,15H2,1-5H3,(H,23,27)(H2,22,24,25);1H. The molecule has 1 aromatic rings. The zero-order valence-electron chi connectivity index (χ0n) is 18.2. The van der Waals surface area contributed by atoms with Crippen LogP contribution in [-0.2, 0) is 4.79 Å². The summed E-state index contributed by atoms with van der Waals surface area (Å²) in [6.45, 7) is 8.88. The number of benzene rings is 1. The fraction of sp³-hybridized carbons (Fsp3) is 0.619. The van der Waals surface area contributed by atoms with E-state index in [1.54, 1.807) is 14.2 Å². The summed E-state index contributed by atoms with van der Waals surface area (Å²) in [7, 11) is 3.46. The van der Waals surface area contributed by atoms with Crippen molar-refractivity contribution < 1.29 is 9.53 Å². The Morgan fingerprint density at radius 3 is 2.66 bits per heavy atom. The monoisotopic (exact) mass is 517 g/mol. The van der Waals surface area contributed by atoms with Crippen molar-refractivity contribution in [3.8, 4) is 5.75 Å². The van der Waals surface area contributed by atoms with Crippen molar-refractivity contribution in [1.82, 2.24) is 16.0 Å². The molecule has 8 heteroatoms. The third kappa shape index (κ3) is 8.28. The highest BCUT2D eigenvalue weighted by molar-refractivity contribution is 14.0. The van der Waals surface area contributed by atoms with E-state index in [2.05, 4.69) is 38.0 Å². The number of hydrogen-bond acceptors (Lipinski definition) is 4. The van der Waals surface area contributed by atoms with E-state index in [0.717, 1.165) is 37.6 Å². The summed E-state index contributed by atoms with van der Waals surface area (Å²) in [5.74, 6) is 1.70. The molecule has 164 valence electrons. The van der Waals surface area contributed by atoms with Crippen molar-refractivity contribution in [3.05, 3.63) is 24.3 Å². The molecule has 1 heterocycles. The van der Waals surface area contributed by atoms with Crippen molar-refractivity contribution in [2.75, 3.05) is 45.2 Å². The van der Waals surface area contributed by atoms with Gasteiger partial charge in [-0.3, -0.25) is 9.79 Å². The highest BCUT2D eigenvalue weighted by atomic mass is 127. The van der Waals surface area contributed by atoms with Gasteiger partial charge in [0.05, 0.1) is 7.11 Å². The zero-order chi connectivity index (χ0) is 20.6. The minimum Gasteiger partial charge on any atom is -0.497 e. The molecule has 0 aliphatic carbocycles. The van der Waals surface area contributed by atoms with E-state index in [-0.39, 0.29) is 35.3 Å². The fourth-order valence-electron chi connectivity index (χ4n) is 3.15. The lowest BCUT2D eigenvalue weighted by Gasteiger charge is -2.35. The van der Waals surface area contributed by atoms with E-state index in [0.29, 0.717) is 19.1 Å². The smallest absolute Gasteiger partial charge is 0.225 e. The van der Waals surface area contributed by atoms with Gasteiger partial charge in [-0.2, -0.15) is 0 Å². The predicted octanol–water partition coefficient (Wildman–Crippen LogP) is 2.61. The summed E-state index contributed by atoms with van der Waals surface area (Å²) >= 11 is 0. The summed E-state index contributed by atoms with van der Waals surface area (Å²) in [6.07, 6.45) is 2.22. The maximum absolute atomic E-state index is 11.9. The Labute approximate surface area is 192 Å². The molecule has 7 nitrogen and oxygen atoms in total. The topological polar surface area (TPSA) is 78.0 Å². The van der Waals surface area contributed by atoms with Gasteiger partial charge in [-0.25, -0.2) is 0 Å². The van der Waals surface area contributed by atoms with Crippen LogP contribution in [0.4, 0.5) is 5.69 Å². The van der Waals surface area contributed by atoms with Crippen LogP contribution in [-0.4, -0.2) is 58.2 Å². The van der Waals surface area contributed by atoms with Crippen LogP contribution >= 0.6 is 24.0 Å². The van der Waals surface area contributed by atoms with Gasteiger partial charge < -0.3 is 25.6 Å². The maximum atomic E-state index is 11.9. The van der Waals surface area contributed by atoms with Crippen molar-refractivity contribution in [3.63, 3.8) is 0 Å². The summed E-state index contributed by atoms with van der Waals surface area (Å²) in [6, 6.07) is 8.50. The minimum atomic E-state index is -0.369. The predicted molar refractivity (Wildman–Crippen MR) is 131 cm³/mol. The largest absolute Gasteiger partial charge is 0.497 e. The Balaban J connectivity index is 0.00000420. The van der Waals surface area contributed by atoms with Gasteiger partial charge in [-0.15, -0.1) is 24.0 Å². The maximum Gasteiger partial charge on any atom is 0.225 e. The lowest BCUT2D eigenvalue weighted by molar-refractivity contribution is -0.128. The molecular weight excluding hydrogens is 481 g/mol. The number of rotatable bonds is 6. The van der Waals surface area contributed by atoms with Gasteiger partial charge in [0.15, 0.2) is 5.96 Å². The van der Waals surface area contributed by atoms with Crippen LogP contribution < -0.4 is 25.6 Å². The SMILES string of the molecule is CN=C(NCCNC(=O)C(C)(C)C)NC1CCCN(c2cccc(OC)c2)C1.I. The molecule has 1 aromatic carbocycles. The Hall–Kier alpha value is -1.71. The first kappa shape index (κ1) is 25.3. The number of nitrogens with one attached hydrogen (secondary N) is 3. The molecule has 1 aliphatic rings. The van der Waals surface area contributed by atoms with Crippen LogP contribution in [0.15, 0.2) is 29.3 Å². The first-order chi connectivity index (χ1) is 13.3. The van der Waals surface area contributed by atoms with Crippen molar-refractivity contribution in [2.24, 2.45) is 10.4 Å². The van der Waals surface area contributed by atoms with Gasteiger partial charge in [-0.05, 0) is 25.0 Å². The van der Waals surface area contributed by atoms with E-state index in [1.165, 1.54) is 5.69 Å². The number of piperidine rings is 1. The third-order valence-electron chi connectivity index (χ3n) is 4.79. The number of ether oxygens (including phenoxy) is 1. The Bertz CT molecular complexity index is 675. The molecule has 3 N–H and O–H groups in total. The van der Waals surface area contributed by atoms with Crippen LogP contribution in [0.1, 0.15) is 33.6 Å². The number of carbonyl (C=O) groups is 1. The molecule has 29 heavy (non-hydrogen) atoms. The molecule has 1 aliphatic heterocycles. The minimum absolute atomic E-state index is 0. The van der Waals surface area contributed by atoms with Gasteiger partial charge in [0, 0.05) is 56.4 Å². The van der Waals surface area contributed by atoms with Crippen molar-refractivity contribution >= 4 is 41.5 Å². The molecule has 0 spiro atoms. The van der Waals surface area contributed by atoms with E-state index < -0.39 is 0 Å². The lowest BCUT2D eigenvalue weighted by atomic mass is 9.96. The van der Waals surface area contributed by atoms with E-state index in [1.807, 2.05) is 32.9 Å². The average molecular weight is 517 g/mol. The van der Waals surface area contributed by atoms with Crippen LogP contribution in [0.5, 0.6) is 5.75 Å². The number of guanidine groups is 1. The van der Waals surface area contributed by atoms with Gasteiger partial charge in [-0.1, -0.05) is 26.8 Å². The normalized spacial score (nSPS) is 17.2. The molecule has 0 aromatic heterocycles. The number of methoxy groups -OCH3 is 1. The molecule has 2 rings (SSSR count). The second-order valence-corrected chi connectivity index (χ2v) is 8.14. The van der Waals surface area contributed by atoms with Gasteiger partial charge >= 0.3 is 0 Å². The summed E-state index contributed by atoms with van der Waals surface area (Å²) < 4.78 is 5.35. The second kappa shape index (κ2) is 12.1. The molecule has 0 radical (unpaired) electrons. The van der Waals surface area contributed by atoms with Crippen molar-refractivity contribution in [2.45, 2.75) is 39.7 Å². The second-order valence-electron chi connectivity index (χ2n) is 8.14. The van der Waals surface area contributed by atoms with Gasteiger partial charge in [0.25, 0.3) is 0 Å². The Morgan fingerprint density at radius 2 is 2.00 bits per heavy atom. The number of halogens is 1. The number of nitrogens with zero attached hydrogens (tertiary/aromatic N) is 2.